The first-order valence-corrected chi connectivity index (χ1v) is 11.0. The Labute approximate surface area is 185 Å². The van der Waals surface area contributed by atoms with E-state index in [1.54, 1.807) is 0 Å². The number of nitrogens with one attached hydrogen (secondary N) is 1. The van der Waals surface area contributed by atoms with Crippen molar-refractivity contribution in [3.05, 3.63) is 84.5 Å². The minimum atomic E-state index is 0.329. The van der Waals surface area contributed by atoms with Gasteiger partial charge >= 0.3 is 0 Å². The molecule has 5 aromatic rings. The minimum Gasteiger partial charge on any atom is -0.619 e. The highest BCUT2D eigenvalue weighted by atomic mass is 16.5. The average molecular weight is 422 g/mol. The quantitative estimate of drug-likeness (QED) is 0.345. The molecule has 6 nitrogen and oxygen atoms in total. The second-order valence-corrected chi connectivity index (χ2v) is 8.36. The molecule has 4 heterocycles. The number of piperidine rings is 1. The van der Waals surface area contributed by atoms with Gasteiger partial charge in [-0.25, -0.2) is 9.97 Å². The molecular formula is C26H23N5O. The van der Waals surface area contributed by atoms with E-state index < -0.39 is 0 Å². The summed E-state index contributed by atoms with van der Waals surface area (Å²) in [4.78, 5) is 9.89. The Morgan fingerprint density at radius 1 is 0.875 bits per heavy atom. The Bertz CT molecular complexity index is 1420. The van der Waals surface area contributed by atoms with Crippen molar-refractivity contribution in [2.45, 2.75) is 18.9 Å². The van der Waals surface area contributed by atoms with E-state index in [1.807, 2.05) is 18.3 Å². The van der Waals surface area contributed by atoms with Gasteiger partial charge in [-0.3, -0.25) is 0 Å². The van der Waals surface area contributed by atoms with Crippen LogP contribution in [-0.2, 0) is 0 Å². The van der Waals surface area contributed by atoms with E-state index in [1.165, 1.54) is 23.2 Å². The molecule has 0 bridgehead atoms. The second kappa shape index (κ2) is 7.73. The van der Waals surface area contributed by atoms with Gasteiger partial charge in [-0.15, -0.1) is 0 Å². The SMILES string of the molecule is [O-][n+]1ccc(-c2nc3cc(-c4ccc5ccccc5c4)cnc3n2C2CCNCC2)cc1. The maximum atomic E-state index is 11.6. The first kappa shape index (κ1) is 19.0. The van der Waals surface area contributed by atoms with Gasteiger partial charge in [-0.1, -0.05) is 36.4 Å². The fourth-order valence-corrected chi connectivity index (χ4v) is 4.69. The number of hydrogen-bond acceptors (Lipinski definition) is 4. The molecule has 3 aromatic heterocycles. The van der Waals surface area contributed by atoms with E-state index in [-0.39, 0.29) is 0 Å². The molecule has 6 heteroatoms. The van der Waals surface area contributed by atoms with Crippen molar-refractivity contribution in [1.29, 1.82) is 0 Å². The van der Waals surface area contributed by atoms with Gasteiger partial charge < -0.3 is 15.1 Å². The standard InChI is InChI=1S/C26H23N5O/c32-30-13-9-19(10-14-30)25-29-24-16-22(21-6-5-18-3-1-2-4-20(18)15-21)17-28-26(24)31(25)23-7-11-27-12-8-23/h1-6,9-10,13-17,23,27H,7-8,11-12H2. The molecule has 2 aromatic carbocycles. The maximum Gasteiger partial charge on any atom is 0.181 e. The predicted octanol–water partition coefficient (Wildman–Crippen LogP) is 4.48. The molecule has 1 N–H and O–H groups in total. The number of pyridine rings is 2. The van der Waals surface area contributed by atoms with E-state index in [4.69, 9.17) is 9.97 Å². The summed E-state index contributed by atoms with van der Waals surface area (Å²) in [6.45, 7) is 1.96. The molecule has 0 radical (unpaired) electrons. The second-order valence-electron chi connectivity index (χ2n) is 8.36. The van der Waals surface area contributed by atoms with Gasteiger partial charge in [-0.05, 0) is 54.4 Å². The van der Waals surface area contributed by atoms with Gasteiger partial charge in [0.25, 0.3) is 0 Å². The largest absolute Gasteiger partial charge is 0.619 e. The molecule has 1 fully saturated rings. The zero-order chi connectivity index (χ0) is 21.5. The minimum absolute atomic E-state index is 0.329. The molecule has 6 rings (SSSR count). The Morgan fingerprint density at radius 2 is 1.66 bits per heavy atom. The van der Waals surface area contributed by atoms with Gasteiger partial charge in [-0.2, -0.15) is 4.73 Å². The van der Waals surface area contributed by atoms with E-state index in [0.717, 1.165) is 64.3 Å². The Hall–Kier alpha value is -3.77. The van der Waals surface area contributed by atoms with Crippen LogP contribution in [0.3, 0.4) is 0 Å². The third-order valence-corrected chi connectivity index (χ3v) is 6.35. The molecule has 1 saturated heterocycles. The first-order valence-electron chi connectivity index (χ1n) is 11.0. The third kappa shape index (κ3) is 3.29. The summed E-state index contributed by atoms with van der Waals surface area (Å²) < 4.78 is 3.07. The monoisotopic (exact) mass is 421 g/mol. The summed E-state index contributed by atoms with van der Waals surface area (Å²) in [5.41, 5.74) is 4.89. The average Bonchev–Trinajstić information content (AvgIpc) is 3.23. The molecule has 0 aliphatic carbocycles. The van der Waals surface area contributed by atoms with Crippen LogP contribution < -0.4 is 10.0 Å². The number of rotatable bonds is 3. The highest BCUT2D eigenvalue weighted by molar-refractivity contribution is 5.89. The molecule has 158 valence electrons. The maximum absolute atomic E-state index is 11.6. The lowest BCUT2D eigenvalue weighted by atomic mass is 10.0. The van der Waals surface area contributed by atoms with Crippen LogP contribution in [0.5, 0.6) is 0 Å². The fourth-order valence-electron chi connectivity index (χ4n) is 4.69. The molecule has 0 spiro atoms. The zero-order valence-electron chi connectivity index (χ0n) is 17.6. The number of imidazole rings is 1. The van der Waals surface area contributed by atoms with Crippen molar-refractivity contribution in [3.63, 3.8) is 0 Å². The van der Waals surface area contributed by atoms with Gasteiger partial charge in [0.2, 0.25) is 0 Å². The number of benzene rings is 2. The van der Waals surface area contributed by atoms with Crippen molar-refractivity contribution in [1.82, 2.24) is 19.9 Å². The number of hydrogen-bond donors (Lipinski definition) is 1. The lowest BCUT2D eigenvalue weighted by molar-refractivity contribution is -0.605. The predicted molar refractivity (Wildman–Crippen MR) is 126 cm³/mol. The van der Waals surface area contributed by atoms with Crippen LogP contribution >= 0.6 is 0 Å². The molecule has 32 heavy (non-hydrogen) atoms. The van der Waals surface area contributed by atoms with Gasteiger partial charge in [0.05, 0.1) is 0 Å². The Balaban J connectivity index is 1.51. The normalized spacial score (nSPS) is 14.9. The van der Waals surface area contributed by atoms with Crippen LogP contribution in [0.2, 0.25) is 0 Å². The van der Waals surface area contributed by atoms with Crippen LogP contribution in [0, 0.1) is 5.21 Å². The van der Waals surface area contributed by atoms with Gasteiger partial charge in [0.15, 0.2) is 18.0 Å². The Kier molecular flexibility index (Phi) is 4.58. The smallest absolute Gasteiger partial charge is 0.181 e. The lowest BCUT2D eigenvalue weighted by Gasteiger charge is -2.25. The summed E-state index contributed by atoms with van der Waals surface area (Å²) in [5, 5.41) is 17.4. The molecule has 1 aliphatic rings. The molecule has 0 saturated carbocycles. The molecule has 0 amide bonds. The topological polar surface area (TPSA) is 69.7 Å². The molecule has 0 unspecified atom stereocenters. The number of aromatic nitrogens is 4. The highest BCUT2D eigenvalue weighted by Gasteiger charge is 2.23. The third-order valence-electron chi connectivity index (χ3n) is 6.35. The summed E-state index contributed by atoms with van der Waals surface area (Å²) in [5.74, 6) is 0.871. The van der Waals surface area contributed by atoms with Crippen LogP contribution in [0.25, 0.3) is 44.5 Å². The Morgan fingerprint density at radius 3 is 2.47 bits per heavy atom. The van der Waals surface area contributed by atoms with Gasteiger partial charge in [0.1, 0.15) is 11.3 Å². The van der Waals surface area contributed by atoms with E-state index in [9.17, 15) is 5.21 Å². The van der Waals surface area contributed by atoms with Gasteiger partial charge in [0, 0.05) is 35.5 Å². The fraction of sp³-hybridized carbons (Fsp3) is 0.192. The van der Waals surface area contributed by atoms with Crippen LogP contribution in [0.15, 0.2) is 79.3 Å². The van der Waals surface area contributed by atoms with E-state index in [2.05, 4.69) is 58.4 Å². The highest BCUT2D eigenvalue weighted by Crippen LogP contribution is 2.33. The summed E-state index contributed by atoms with van der Waals surface area (Å²) >= 11 is 0. The number of nitrogens with zero attached hydrogens (tertiary/aromatic N) is 4. The van der Waals surface area contributed by atoms with Crippen molar-refractivity contribution >= 4 is 21.9 Å². The van der Waals surface area contributed by atoms with E-state index >= 15 is 0 Å². The summed E-state index contributed by atoms with van der Waals surface area (Å²) in [6, 6.07) is 21.0. The van der Waals surface area contributed by atoms with Crippen molar-refractivity contribution in [3.8, 4) is 22.5 Å². The first-order chi connectivity index (χ1) is 15.8. The molecular weight excluding hydrogens is 398 g/mol. The van der Waals surface area contributed by atoms with Crippen LogP contribution in [0.4, 0.5) is 0 Å². The number of fused-ring (bicyclic) bond motifs is 2. The molecule has 1 aliphatic heterocycles. The van der Waals surface area contributed by atoms with Crippen LogP contribution in [-0.4, -0.2) is 27.6 Å². The van der Waals surface area contributed by atoms with E-state index in [0.29, 0.717) is 6.04 Å². The summed E-state index contributed by atoms with van der Waals surface area (Å²) in [6.07, 6.45) is 7.05. The van der Waals surface area contributed by atoms with Crippen molar-refractivity contribution in [2.75, 3.05) is 13.1 Å². The summed E-state index contributed by atoms with van der Waals surface area (Å²) in [7, 11) is 0. The zero-order valence-corrected chi connectivity index (χ0v) is 17.6. The van der Waals surface area contributed by atoms with Crippen molar-refractivity contribution in [2.24, 2.45) is 0 Å². The molecule has 0 atom stereocenters. The van der Waals surface area contributed by atoms with Crippen LogP contribution in [0.1, 0.15) is 18.9 Å². The van der Waals surface area contributed by atoms with Crippen molar-refractivity contribution < 1.29 is 4.73 Å². The lowest BCUT2D eigenvalue weighted by Crippen LogP contribution is -2.30.